The number of hydrogen-bond donors (Lipinski definition) is 3. The van der Waals surface area contributed by atoms with Gasteiger partial charge < -0.3 is 38.7 Å². The lowest BCUT2D eigenvalue weighted by molar-refractivity contribution is -0.267. The summed E-state index contributed by atoms with van der Waals surface area (Å²) in [6, 6.07) is 11.5. The predicted molar refractivity (Wildman–Crippen MR) is 119 cm³/mol. The van der Waals surface area contributed by atoms with E-state index in [1.165, 1.54) is 26.2 Å². The van der Waals surface area contributed by atoms with Crippen LogP contribution in [0.15, 0.2) is 51.7 Å². The topological polar surface area (TPSA) is 128 Å². The maximum atomic E-state index is 13.1. The summed E-state index contributed by atoms with van der Waals surface area (Å²) < 4.78 is 28.0. The summed E-state index contributed by atoms with van der Waals surface area (Å²) >= 11 is 0. The van der Waals surface area contributed by atoms with Gasteiger partial charge in [0.15, 0.2) is 5.43 Å². The maximum absolute atomic E-state index is 13.1. The number of hydrogen-bond acceptors (Lipinski definition) is 9. The van der Waals surface area contributed by atoms with Crippen LogP contribution in [0, 0.1) is 0 Å². The van der Waals surface area contributed by atoms with Gasteiger partial charge in [0.05, 0.1) is 19.8 Å². The molecule has 5 unspecified atom stereocenters. The molecule has 1 saturated heterocycles. The van der Waals surface area contributed by atoms with Gasteiger partial charge in [-0.25, -0.2) is 0 Å². The Labute approximate surface area is 189 Å². The highest BCUT2D eigenvalue weighted by Crippen LogP contribution is 2.34. The molecule has 0 aliphatic carbocycles. The summed E-state index contributed by atoms with van der Waals surface area (Å²) in [5.74, 6) is 1.45. The Balaban J connectivity index is 1.74. The molecule has 1 fully saturated rings. The van der Waals surface area contributed by atoms with Crippen LogP contribution < -0.4 is 19.6 Å². The van der Waals surface area contributed by atoms with Gasteiger partial charge in [-0.2, -0.15) is 0 Å². The first-order valence-electron chi connectivity index (χ1n) is 10.6. The third-order valence-electron chi connectivity index (χ3n) is 5.51. The van der Waals surface area contributed by atoms with E-state index in [-0.39, 0.29) is 22.1 Å². The Morgan fingerprint density at radius 1 is 0.970 bits per heavy atom. The largest absolute Gasteiger partial charge is 0.496 e. The molecular weight excluding hydrogens is 432 g/mol. The van der Waals surface area contributed by atoms with Gasteiger partial charge in [0, 0.05) is 23.8 Å². The second-order valence-electron chi connectivity index (χ2n) is 7.73. The van der Waals surface area contributed by atoms with Crippen molar-refractivity contribution in [1.29, 1.82) is 0 Å². The Kier molecular flexibility index (Phi) is 6.57. The van der Waals surface area contributed by atoms with Crippen molar-refractivity contribution in [2.75, 3.05) is 13.7 Å². The van der Waals surface area contributed by atoms with Crippen molar-refractivity contribution >= 4 is 11.0 Å². The Morgan fingerprint density at radius 2 is 1.70 bits per heavy atom. The van der Waals surface area contributed by atoms with Crippen molar-refractivity contribution in [2.45, 2.75) is 44.6 Å². The molecule has 9 heteroatoms. The third-order valence-corrected chi connectivity index (χ3v) is 5.51. The van der Waals surface area contributed by atoms with E-state index in [1.54, 1.807) is 30.3 Å². The highest BCUT2D eigenvalue weighted by Gasteiger charge is 2.43. The monoisotopic (exact) mass is 458 g/mol. The van der Waals surface area contributed by atoms with Crippen molar-refractivity contribution in [3.63, 3.8) is 0 Å². The standard InChI is InChI=1S/C24H26O9/c1-4-30-14-7-5-13(6-8-14)17-11-16(25)20-18(32-17)9-15(29-3)10-19(20)33-24-23(28)22(27)21(26)12(2)31-24/h5-12,21-24,26-28H,4H2,1-3H3. The number of ether oxygens (including phenoxy) is 4. The van der Waals surface area contributed by atoms with E-state index in [4.69, 9.17) is 23.4 Å². The van der Waals surface area contributed by atoms with Crippen molar-refractivity contribution in [1.82, 2.24) is 0 Å². The SMILES string of the molecule is CCOc1ccc(-c2cc(=O)c3c(OC4OC(C)C(O)C(O)C4O)cc(OC)cc3o2)cc1. The summed E-state index contributed by atoms with van der Waals surface area (Å²) in [6.45, 7) is 3.97. The molecule has 5 atom stereocenters. The molecule has 9 nitrogen and oxygen atoms in total. The molecular formula is C24H26O9. The molecule has 2 aromatic carbocycles. The van der Waals surface area contributed by atoms with Crippen molar-refractivity contribution in [3.8, 4) is 28.6 Å². The maximum Gasteiger partial charge on any atom is 0.229 e. The molecule has 33 heavy (non-hydrogen) atoms. The minimum Gasteiger partial charge on any atom is -0.496 e. The van der Waals surface area contributed by atoms with Crippen LogP contribution in [0.3, 0.4) is 0 Å². The minimum absolute atomic E-state index is 0.0520. The van der Waals surface area contributed by atoms with Crippen molar-refractivity contribution in [3.05, 3.63) is 52.7 Å². The molecule has 3 aromatic rings. The first kappa shape index (κ1) is 23.1. The van der Waals surface area contributed by atoms with Crippen LogP contribution in [0.25, 0.3) is 22.3 Å². The van der Waals surface area contributed by atoms with Gasteiger partial charge in [0.2, 0.25) is 6.29 Å². The molecule has 0 spiro atoms. The van der Waals surface area contributed by atoms with Gasteiger partial charge in [-0.15, -0.1) is 0 Å². The van der Waals surface area contributed by atoms with Gasteiger partial charge >= 0.3 is 0 Å². The lowest BCUT2D eigenvalue weighted by Gasteiger charge is -2.39. The summed E-state index contributed by atoms with van der Waals surface area (Å²) in [7, 11) is 1.45. The summed E-state index contributed by atoms with van der Waals surface area (Å²) in [5, 5.41) is 30.4. The molecule has 3 N–H and O–H groups in total. The van der Waals surface area contributed by atoms with Gasteiger partial charge in [-0.05, 0) is 38.1 Å². The van der Waals surface area contributed by atoms with E-state index in [1.807, 2.05) is 6.92 Å². The first-order chi connectivity index (χ1) is 15.8. The lowest BCUT2D eigenvalue weighted by Crippen LogP contribution is -2.58. The van der Waals surface area contributed by atoms with E-state index < -0.39 is 30.7 Å². The van der Waals surface area contributed by atoms with E-state index in [2.05, 4.69) is 0 Å². The van der Waals surface area contributed by atoms with Crippen LogP contribution in [0.5, 0.6) is 17.2 Å². The summed E-state index contributed by atoms with van der Waals surface area (Å²) in [5.41, 5.74) is 0.510. The van der Waals surface area contributed by atoms with E-state index >= 15 is 0 Å². The number of methoxy groups -OCH3 is 1. The number of aliphatic hydroxyl groups is 3. The van der Waals surface area contributed by atoms with Crippen LogP contribution in [-0.4, -0.2) is 59.7 Å². The predicted octanol–water partition coefficient (Wildman–Crippen LogP) is 2.07. The Morgan fingerprint density at radius 3 is 2.36 bits per heavy atom. The van der Waals surface area contributed by atoms with Crippen molar-refractivity contribution in [2.24, 2.45) is 0 Å². The smallest absolute Gasteiger partial charge is 0.229 e. The molecule has 0 radical (unpaired) electrons. The van der Waals surface area contributed by atoms with Gasteiger partial charge in [0.25, 0.3) is 0 Å². The van der Waals surface area contributed by atoms with Crippen molar-refractivity contribution < 1.29 is 38.7 Å². The molecule has 1 aromatic heterocycles. The number of rotatable bonds is 6. The molecule has 4 rings (SSSR count). The van der Waals surface area contributed by atoms with Crippen LogP contribution in [-0.2, 0) is 4.74 Å². The fourth-order valence-corrected chi connectivity index (χ4v) is 3.70. The zero-order chi connectivity index (χ0) is 23.7. The number of aliphatic hydroxyl groups excluding tert-OH is 3. The molecule has 2 heterocycles. The fraction of sp³-hybridized carbons (Fsp3) is 0.375. The fourth-order valence-electron chi connectivity index (χ4n) is 3.70. The normalized spacial score (nSPS) is 25.1. The third kappa shape index (κ3) is 4.53. The number of fused-ring (bicyclic) bond motifs is 1. The molecule has 176 valence electrons. The van der Waals surface area contributed by atoms with Crippen LogP contribution >= 0.6 is 0 Å². The quantitative estimate of drug-likeness (QED) is 0.509. The molecule has 0 saturated carbocycles. The first-order valence-corrected chi connectivity index (χ1v) is 10.6. The highest BCUT2D eigenvalue weighted by atomic mass is 16.7. The second kappa shape index (κ2) is 9.40. The zero-order valence-electron chi connectivity index (χ0n) is 18.4. The molecule has 1 aliphatic heterocycles. The van der Waals surface area contributed by atoms with Crippen LogP contribution in [0.1, 0.15) is 13.8 Å². The molecule has 1 aliphatic rings. The minimum atomic E-state index is -1.53. The van der Waals surface area contributed by atoms with Gasteiger partial charge in [0.1, 0.15) is 52.3 Å². The van der Waals surface area contributed by atoms with Crippen LogP contribution in [0.4, 0.5) is 0 Å². The van der Waals surface area contributed by atoms with Crippen LogP contribution in [0.2, 0.25) is 0 Å². The van der Waals surface area contributed by atoms with Gasteiger partial charge in [-0.3, -0.25) is 4.79 Å². The Bertz CT molecular complexity index is 1170. The average molecular weight is 458 g/mol. The van der Waals surface area contributed by atoms with Gasteiger partial charge in [-0.1, -0.05) is 0 Å². The Hall–Kier alpha value is -3.11. The highest BCUT2D eigenvalue weighted by molar-refractivity contribution is 5.86. The zero-order valence-corrected chi connectivity index (χ0v) is 18.4. The number of benzene rings is 2. The summed E-state index contributed by atoms with van der Waals surface area (Å²) in [6.07, 6.45) is -6.40. The van der Waals surface area contributed by atoms with E-state index in [0.29, 0.717) is 29.4 Å². The van der Waals surface area contributed by atoms with E-state index in [9.17, 15) is 20.1 Å². The average Bonchev–Trinajstić information content (AvgIpc) is 2.81. The molecule has 0 amide bonds. The lowest BCUT2D eigenvalue weighted by atomic mass is 10.00. The molecule has 0 bridgehead atoms. The summed E-state index contributed by atoms with van der Waals surface area (Å²) in [4.78, 5) is 13.1. The second-order valence-corrected chi connectivity index (χ2v) is 7.73. The van der Waals surface area contributed by atoms with E-state index in [0.717, 1.165) is 0 Å².